The summed E-state index contributed by atoms with van der Waals surface area (Å²) < 4.78 is 39.8. The Labute approximate surface area is 131 Å². The molecule has 21 heavy (non-hydrogen) atoms. The maximum Gasteiger partial charge on any atom is 0.415 e. The van der Waals surface area contributed by atoms with Crippen molar-refractivity contribution in [2.24, 2.45) is 5.90 Å². The van der Waals surface area contributed by atoms with E-state index in [1.54, 1.807) is 6.08 Å². The van der Waals surface area contributed by atoms with Crippen molar-refractivity contribution in [3.8, 4) is 0 Å². The van der Waals surface area contributed by atoms with Crippen LogP contribution < -0.4 is 5.90 Å². The van der Waals surface area contributed by atoms with E-state index < -0.39 is 10.4 Å². The van der Waals surface area contributed by atoms with E-state index in [1.165, 1.54) is 0 Å². The molecule has 7 nitrogen and oxygen atoms in total. The molecule has 0 fully saturated rings. The summed E-state index contributed by atoms with van der Waals surface area (Å²) in [6, 6.07) is 0. The lowest BCUT2D eigenvalue weighted by Gasteiger charge is -2.15. The van der Waals surface area contributed by atoms with E-state index in [2.05, 4.69) is 20.9 Å². The number of hydrogen-bond acceptors (Lipinski definition) is 7. The van der Waals surface area contributed by atoms with Crippen molar-refractivity contribution in [2.75, 3.05) is 26.4 Å². The number of rotatable bonds is 11. The van der Waals surface area contributed by atoms with Crippen molar-refractivity contribution >= 4 is 10.4 Å². The third-order valence-electron chi connectivity index (χ3n) is 1.78. The molecule has 0 radical (unpaired) electrons. The lowest BCUT2D eigenvalue weighted by molar-refractivity contribution is -0.0216. The highest BCUT2D eigenvalue weighted by Gasteiger charge is 2.11. The monoisotopic (exact) mass is 333 g/mol. The van der Waals surface area contributed by atoms with Crippen molar-refractivity contribution in [1.29, 1.82) is 0 Å². The minimum Gasteiger partial charge on any atom is -0.375 e. The van der Waals surface area contributed by atoms with Crippen LogP contribution in [0.15, 0.2) is 12.7 Å². The number of ether oxygens (including phenoxy) is 2. The second kappa shape index (κ2) is 19.5. The molecule has 2 N–H and O–H groups in total. The molecule has 0 saturated carbocycles. The van der Waals surface area contributed by atoms with Gasteiger partial charge in [-0.3, -0.25) is 0 Å². The van der Waals surface area contributed by atoms with Gasteiger partial charge in [-0.15, -0.1) is 6.58 Å². The Hall–Kier alpha value is -0.510. The third kappa shape index (κ3) is 19.5. The van der Waals surface area contributed by atoms with Gasteiger partial charge in [0.1, 0.15) is 0 Å². The van der Waals surface area contributed by atoms with Crippen LogP contribution in [0.4, 0.5) is 0 Å². The highest BCUT2D eigenvalue weighted by atomic mass is 32.3. The molecule has 0 spiro atoms. The van der Waals surface area contributed by atoms with Crippen LogP contribution in [0.2, 0.25) is 0 Å². The Morgan fingerprint density at radius 1 is 1.19 bits per heavy atom. The van der Waals surface area contributed by atoms with Crippen LogP contribution in [-0.4, -0.2) is 40.9 Å². The van der Waals surface area contributed by atoms with Crippen molar-refractivity contribution in [1.82, 2.24) is 0 Å². The molecule has 134 valence electrons. The predicted octanol–water partition coefficient (Wildman–Crippen LogP) is 2.68. The first kappa shape index (κ1) is 32.4. The highest BCUT2D eigenvalue weighted by molar-refractivity contribution is 7.81. The van der Waals surface area contributed by atoms with Crippen LogP contribution in [0.5, 0.6) is 0 Å². The Balaban J connectivity index is -0.000000213. The molecule has 0 bridgehead atoms. The predicted molar refractivity (Wildman–Crippen MR) is 88.1 cm³/mol. The third-order valence-corrected chi connectivity index (χ3v) is 2.47. The SMILES string of the molecule is C.C.C.C.C=CCOCC(CC)OCCOS(=O)(=O)ON. The molecule has 0 aromatic heterocycles. The normalized spacial score (nSPS) is 11.0. The summed E-state index contributed by atoms with van der Waals surface area (Å²) in [6.45, 7) is 6.27. The molecule has 0 amide bonds. The average molecular weight is 333 g/mol. The fraction of sp³-hybridized carbons (Fsp3) is 0.846. The van der Waals surface area contributed by atoms with E-state index in [9.17, 15) is 8.42 Å². The largest absolute Gasteiger partial charge is 0.415 e. The zero-order valence-corrected chi connectivity index (χ0v) is 10.6. The van der Waals surface area contributed by atoms with Crippen LogP contribution in [-0.2, 0) is 28.3 Å². The molecule has 0 aliphatic rings. The molecule has 0 heterocycles. The minimum absolute atomic E-state index is 0. The lowest BCUT2D eigenvalue weighted by atomic mass is 10.3. The van der Waals surface area contributed by atoms with Crippen molar-refractivity contribution < 1.29 is 26.4 Å². The van der Waals surface area contributed by atoms with Crippen molar-refractivity contribution in [3.63, 3.8) is 0 Å². The maximum absolute atomic E-state index is 10.7. The first-order valence-corrected chi connectivity index (χ1v) is 6.47. The summed E-state index contributed by atoms with van der Waals surface area (Å²) in [7, 11) is -4.09. The number of hydrogen-bond donors (Lipinski definition) is 1. The fourth-order valence-electron chi connectivity index (χ4n) is 0.945. The van der Waals surface area contributed by atoms with E-state index in [1.807, 2.05) is 6.92 Å². The van der Waals surface area contributed by atoms with Gasteiger partial charge in [0, 0.05) is 0 Å². The first-order chi connectivity index (χ1) is 8.05. The van der Waals surface area contributed by atoms with Gasteiger partial charge in [0.2, 0.25) is 0 Å². The van der Waals surface area contributed by atoms with Gasteiger partial charge in [0.15, 0.2) is 0 Å². The highest BCUT2D eigenvalue weighted by Crippen LogP contribution is 2.00. The zero-order chi connectivity index (χ0) is 13.1. The second-order valence-corrected chi connectivity index (χ2v) is 4.30. The van der Waals surface area contributed by atoms with Crippen molar-refractivity contribution in [3.05, 3.63) is 12.7 Å². The summed E-state index contributed by atoms with van der Waals surface area (Å²) in [5, 5.41) is 0. The summed E-state index contributed by atoms with van der Waals surface area (Å²) in [6.07, 6.45) is 2.28. The van der Waals surface area contributed by atoms with E-state index in [0.717, 1.165) is 6.42 Å². The topological polar surface area (TPSA) is 97.1 Å². The van der Waals surface area contributed by atoms with Crippen LogP contribution >= 0.6 is 0 Å². The Morgan fingerprint density at radius 2 is 1.76 bits per heavy atom. The van der Waals surface area contributed by atoms with Gasteiger partial charge in [-0.05, 0) is 6.42 Å². The molecule has 1 unspecified atom stereocenters. The lowest BCUT2D eigenvalue weighted by Crippen LogP contribution is -2.23. The summed E-state index contributed by atoms with van der Waals surface area (Å²) in [5.41, 5.74) is 0. The molecule has 0 aromatic carbocycles. The van der Waals surface area contributed by atoms with Crippen LogP contribution in [0.3, 0.4) is 0 Å². The minimum atomic E-state index is -4.09. The molecule has 0 saturated heterocycles. The van der Waals surface area contributed by atoms with Gasteiger partial charge in [-0.2, -0.15) is 18.6 Å². The first-order valence-electron chi connectivity index (χ1n) is 5.13. The standard InChI is InChI=1S/C9H19NO6S.4CH4/c1-3-5-13-8-9(4-2)14-6-7-15-17(11,12)16-10;;;;/h3,9H,1,4-8,10H2,2H3;4*1H4. The second-order valence-electron chi connectivity index (χ2n) is 3.05. The van der Waals surface area contributed by atoms with Gasteiger partial charge in [-0.25, -0.2) is 4.18 Å². The molecule has 0 aliphatic heterocycles. The van der Waals surface area contributed by atoms with E-state index in [4.69, 9.17) is 9.47 Å². The van der Waals surface area contributed by atoms with Gasteiger partial charge < -0.3 is 9.47 Å². The molecule has 0 aromatic rings. The summed E-state index contributed by atoms with van der Waals surface area (Å²) in [5.74, 6) is 4.47. The van der Waals surface area contributed by atoms with Crippen LogP contribution in [0.25, 0.3) is 0 Å². The molecule has 1 atom stereocenters. The van der Waals surface area contributed by atoms with Gasteiger partial charge in [0.25, 0.3) is 0 Å². The van der Waals surface area contributed by atoms with Crippen molar-refractivity contribution in [2.45, 2.75) is 49.2 Å². The average Bonchev–Trinajstić information content (AvgIpc) is 2.32. The molecular formula is C13H35NO6S. The van der Waals surface area contributed by atoms with Gasteiger partial charge in [-0.1, -0.05) is 42.7 Å². The van der Waals surface area contributed by atoms with Gasteiger partial charge in [0.05, 0.1) is 32.5 Å². The number of nitrogens with two attached hydrogens (primary N) is 1. The fourth-order valence-corrected chi connectivity index (χ4v) is 1.27. The molecule has 0 aliphatic carbocycles. The molecular weight excluding hydrogens is 298 g/mol. The van der Waals surface area contributed by atoms with Crippen LogP contribution in [0, 0.1) is 0 Å². The quantitative estimate of drug-likeness (QED) is 0.352. The maximum atomic E-state index is 10.7. The molecule has 8 heteroatoms. The van der Waals surface area contributed by atoms with Crippen LogP contribution in [0.1, 0.15) is 43.1 Å². The Kier molecular flexibility index (Phi) is 30.1. The van der Waals surface area contributed by atoms with E-state index in [0.29, 0.717) is 13.2 Å². The molecule has 0 rings (SSSR count). The summed E-state index contributed by atoms with van der Waals surface area (Å²) >= 11 is 0. The van der Waals surface area contributed by atoms with Gasteiger partial charge >= 0.3 is 10.4 Å². The smallest absolute Gasteiger partial charge is 0.375 e. The zero-order valence-electron chi connectivity index (χ0n) is 9.83. The van der Waals surface area contributed by atoms with E-state index >= 15 is 0 Å². The summed E-state index contributed by atoms with van der Waals surface area (Å²) in [4.78, 5) is 0. The van der Waals surface area contributed by atoms with E-state index in [-0.39, 0.29) is 49.0 Å². The Morgan fingerprint density at radius 3 is 2.19 bits per heavy atom. The Bertz CT molecular complexity index is 295.